The Labute approximate surface area is 104 Å². The molecule has 0 radical (unpaired) electrons. The standard InChI is InChI=1S/C15H10O3/c16-10-14-9-11-8-13(6-7-15(11)18-14)17-12-4-2-1-3-5-12/h1-10H. The second-order valence-electron chi connectivity index (χ2n) is 3.88. The molecule has 3 aromatic rings. The van der Waals surface area contributed by atoms with E-state index in [-0.39, 0.29) is 0 Å². The average Bonchev–Trinajstić information content (AvgIpc) is 2.82. The van der Waals surface area contributed by atoms with Gasteiger partial charge in [-0.2, -0.15) is 0 Å². The normalized spacial score (nSPS) is 10.4. The van der Waals surface area contributed by atoms with Crippen molar-refractivity contribution in [3.8, 4) is 11.5 Å². The van der Waals surface area contributed by atoms with Crippen molar-refractivity contribution in [3.63, 3.8) is 0 Å². The molecule has 0 saturated carbocycles. The van der Waals surface area contributed by atoms with E-state index in [9.17, 15) is 4.79 Å². The van der Waals surface area contributed by atoms with Crippen LogP contribution in [0.3, 0.4) is 0 Å². The molecule has 0 aliphatic rings. The van der Waals surface area contributed by atoms with Crippen LogP contribution in [-0.4, -0.2) is 6.29 Å². The van der Waals surface area contributed by atoms with Crippen molar-refractivity contribution in [3.05, 3.63) is 60.4 Å². The zero-order valence-electron chi connectivity index (χ0n) is 9.50. The molecule has 18 heavy (non-hydrogen) atoms. The number of ether oxygens (including phenoxy) is 1. The molecule has 3 heteroatoms. The lowest BCUT2D eigenvalue weighted by molar-refractivity contribution is 0.110. The minimum Gasteiger partial charge on any atom is -0.457 e. The molecule has 0 amide bonds. The van der Waals surface area contributed by atoms with E-state index < -0.39 is 0 Å². The van der Waals surface area contributed by atoms with Gasteiger partial charge >= 0.3 is 0 Å². The minimum atomic E-state index is 0.321. The van der Waals surface area contributed by atoms with Crippen molar-refractivity contribution in [1.82, 2.24) is 0 Å². The van der Waals surface area contributed by atoms with Crippen LogP contribution in [0.5, 0.6) is 11.5 Å². The molecule has 3 nitrogen and oxygen atoms in total. The summed E-state index contributed by atoms with van der Waals surface area (Å²) >= 11 is 0. The van der Waals surface area contributed by atoms with Crippen molar-refractivity contribution in [2.75, 3.05) is 0 Å². The molecule has 0 unspecified atom stereocenters. The summed E-state index contributed by atoms with van der Waals surface area (Å²) in [5.41, 5.74) is 0.678. The van der Waals surface area contributed by atoms with Gasteiger partial charge in [0.2, 0.25) is 0 Å². The van der Waals surface area contributed by atoms with Gasteiger partial charge in [0.15, 0.2) is 12.0 Å². The van der Waals surface area contributed by atoms with E-state index in [0.29, 0.717) is 23.4 Å². The van der Waals surface area contributed by atoms with Crippen LogP contribution in [-0.2, 0) is 0 Å². The van der Waals surface area contributed by atoms with Crippen molar-refractivity contribution < 1.29 is 13.9 Å². The first-order valence-corrected chi connectivity index (χ1v) is 5.57. The fraction of sp³-hybridized carbons (Fsp3) is 0. The van der Waals surface area contributed by atoms with Gasteiger partial charge in [-0.3, -0.25) is 4.79 Å². The fourth-order valence-corrected chi connectivity index (χ4v) is 1.79. The number of carbonyl (C=O) groups is 1. The monoisotopic (exact) mass is 238 g/mol. The van der Waals surface area contributed by atoms with Crippen LogP contribution in [0.25, 0.3) is 11.0 Å². The van der Waals surface area contributed by atoms with Crippen molar-refractivity contribution in [2.24, 2.45) is 0 Å². The number of hydrogen-bond donors (Lipinski definition) is 0. The van der Waals surface area contributed by atoms with Crippen LogP contribution in [0.1, 0.15) is 10.6 Å². The molecule has 1 heterocycles. The maximum absolute atomic E-state index is 10.6. The summed E-state index contributed by atoms with van der Waals surface area (Å²) in [6, 6.07) is 16.7. The molecule has 0 saturated heterocycles. The first kappa shape index (κ1) is 10.6. The number of hydrogen-bond acceptors (Lipinski definition) is 3. The third-order valence-electron chi connectivity index (χ3n) is 2.60. The van der Waals surface area contributed by atoms with Gasteiger partial charge in [-0.05, 0) is 36.4 Å². The van der Waals surface area contributed by atoms with Gasteiger partial charge in [0.25, 0.3) is 0 Å². The summed E-state index contributed by atoms with van der Waals surface area (Å²) in [4.78, 5) is 10.6. The number of carbonyl (C=O) groups excluding carboxylic acids is 1. The summed E-state index contributed by atoms with van der Waals surface area (Å²) < 4.78 is 11.0. The van der Waals surface area contributed by atoms with E-state index in [2.05, 4.69) is 0 Å². The highest BCUT2D eigenvalue weighted by Crippen LogP contribution is 2.27. The van der Waals surface area contributed by atoms with Gasteiger partial charge in [-0.15, -0.1) is 0 Å². The van der Waals surface area contributed by atoms with Crippen LogP contribution >= 0.6 is 0 Å². The molecule has 1 aromatic heterocycles. The lowest BCUT2D eigenvalue weighted by Gasteiger charge is -2.04. The Morgan fingerprint density at radius 1 is 0.944 bits per heavy atom. The Morgan fingerprint density at radius 3 is 2.56 bits per heavy atom. The van der Waals surface area contributed by atoms with Crippen LogP contribution in [0, 0.1) is 0 Å². The number of aldehydes is 1. The maximum Gasteiger partial charge on any atom is 0.185 e. The summed E-state index contributed by atoms with van der Waals surface area (Å²) in [6.07, 6.45) is 0.692. The largest absolute Gasteiger partial charge is 0.457 e. The summed E-state index contributed by atoms with van der Waals surface area (Å²) in [6.45, 7) is 0. The Morgan fingerprint density at radius 2 is 1.78 bits per heavy atom. The second kappa shape index (κ2) is 4.37. The van der Waals surface area contributed by atoms with Crippen molar-refractivity contribution >= 4 is 17.3 Å². The van der Waals surface area contributed by atoms with Gasteiger partial charge in [0.1, 0.15) is 17.1 Å². The number of para-hydroxylation sites is 1. The molecule has 0 atom stereocenters. The molecule has 0 N–H and O–H groups in total. The molecule has 2 aromatic carbocycles. The van der Waals surface area contributed by atoms with Crippen molar-refractivity contribution in [1.29, 1.82) is 0 Å². The van der Waals surface area contributed by atoms with E-state index in [0.717, 1.165) is 11.1 Å². The Balaban J connectivity index is 1.95. The molecule has 3 rings (SSSR count). The van der Waals surface area contributed by atoms with E-state index in [4.69, 9.17) is 9.15 Å². The highest BCUT2D eigenvalue weighted by Gasteiger charge is 2.04. The van der Waals surface area contributed by atoms with Gasteiger partial charge in [0.05, 0.1) is 0 Å². The van der Waals surface area contributed by atoms with Crippen LogP contribution < -0.4 is 4.74 Å². The number of rotatable bonds is 3. The fourth-order valence-electron chi connectivity index (χ4n) is 1.79. The highest BCUT2D eigenvalue weighted by atomic mass is 16.5. The quantitative estimate of drug-likeness (QED) is 0.646. The predicted octanol–water partition coefficient (Wildman–Crippen LogP) is 4.04. The summed E-state index contributed by atoms with van der Waals surface area (Å²) in [5, 5.41) is 0.852. The lowest BCUT2D eigenvalue weighted by atomic mass is 10.2. The zero-order valence-corrected chi connectivity index (χ0v) is 9.50. The number of fused-ring (bicyclic) bond motifs is 1. The Bertz CT molecular complexity index is 683. The lowest BCUT2D eigenvalue weighted by Crippen LogP contribution is -1.82. The number of furan rings is 1. The average molecular weight is 238 g/mol. The van der Waals surface area contributed by atoms with Crippen molar-refractivity contribution in [2.45, 2.75) is 0 Å². The summed E-state index contributed by atoms with van der Waals surface area (Å²) in [5.74, 6) is 1.81. The van der Waals surface area contributed by atoms with E-state index in [1.165, 1.54) is 0 Å². The van der Waals surface area contributed by atoms with E-state index in [1.54, 1.807) is 12.1 Å². The van der Waals surface area contributed by atoms with Crippen LogP contribution in [0.4, 0.5) is 0 Å². The molecule has 0 aliphatic heterocycles. The van der Waals surface area contributed by atoms with E-state index in [1.807, 2.05) is 42.5 Å². The first-order chi connectivity index (χ1) is 8.85. The van der Waals surface area contributed by atoms with Gasteiger partial charge in [0, 0.05) is 5.39 Å². The summed E-state index contributed by atoms with van der Waals surface area (Å²) in [7, 11) is 0. The SMILES string of the molecule is O=Cc1cc2cc(Oc3ccccc3)ccc2o1. The predicted molar refractivity (Wildman–Crippen MR) is 68.1 cm³/mol. The molecular weight excluding hydrogens is 228 g/mol. The molecule has 0 spiro atoms. The Kier molecular flexibility index (Phi) is 2.57. The third-order valence-corrected chi connectivity index (χ3v) is 2.60. The topological polar surface area (TPSA) is 39.4 Å². The maximum atomic E-state index is 10.6. The first-order valence-electron chi connectivity index (χ1n) is 5.57. The number of benzene rings is 2. The molecule has 0 aliphatic carbocycles. The smallest absolute Gasteiger partial charge is 0.185 e. The molecule has 0 fully saturated rings. The molecule has 0 bridgehead atoms. The highest BCUT2D eigenvalue weighted by molar-refractivity contribution is 5.85. The van der Waals surface area contributed by atoms with Gasteiger partial charge in [-0.1, -0.05) is 18.2 Å². The molecular formula is C15H10O3. The van der Waals surface area contributed by atoms with Crippen LogP contribution in [0.2, 0.25) is 0 Å². The van der Waals surface area contributed by atoms with Gasteiger partial charge in [-0.25, -0.2) is 0 Å². The van der Waals surface area contributed by atoms with E-state index >= 15 is 0 Å². The molecule has 88 valence electrons. The second-order valence-corrected chi connectivity index (χ2v) is 3.88. The Hall–Kier alpha value is -2.55. The minimum absolute atomic E-state index is 0.321. The van der Waals surface area contributed by atoms with Gasteiger partial charge < -0.3 is 9.15 Å². The van der Waals surface area contributed by atoms with Crippen LogP contribution in [0.15, 0.2) is 59.0 Å². The third kappa shape index (κ3) is 1.98. The zero-order chi connectivity index (χ0) is 12.4.